The number of thioether (sulfide) groups is 1. The zero-order valence-corrected chi connectivity index (χ0v) is 20.1. The van der Waals surface area contributed by atoms with Gasteiger partial charge in [0.25, 0.3) is 5.24 Å². The fraction of sp³-hybridized carbons (Fsp3) is 0.565. The number of amidine groups is 1. The molecular formula is C23H27F6N3O2S. The molecule has 194 valence electrons. The van der Waals surface area contributed by atoms with Crippen LogP contribution in [0.4, 0.5) is 31.1 Å². The molecule has 2 aliphatic heterocycles. The van der Waals surface area contributed by atoms with E-state index in [1.165, 1.54) is 0 Å². The number of rotatable bonds is 6. The summed E-state index contributed by atoms with van der Waals surface area (Å²) >= 11 is 1.02. The molecule has 1 aromatic rings. The molecule has 0 aromatic heterocycles. The first-order valence-electron chi connectivity index (χ1n) is 11.0. The van der Waals surface area contributed by atoms with Gasteiger partial charge in [-0.3, -0.25) is 14.7 Å². The minimum absolute atomic E-state index is 0.0582. The smallest absolute Gasteiger partial charge is 0.396 e. The average Bonchev–Trinajstić information content (AvgIpc) is 3.11. The van der Waals surface area contributed by atoms with Crippen LogP contribution in [0.3, 0.4) is 0 Å². The molecule has 12 heteroatoms. The zero-order chi connectivity index (χ0) is 26.0. The largest absolute Gasteiger partial charge is 0.416 e. The minimum Gasteiger partial charge on any atom is -0.396 e. The summed E-state index contributed by atoms with van der Waals surface area (Å²) in [5.74, 6) is 0.524. The van der Waals surface area contributed by atoms with Gasteiger partial charge in [-0.2, -0.15) is 26.3 Å². The van der Waals surface area contributed by atoms with Gasteiger partial charge in [-0.15, -0.1) is 0 Å². The van der Waals surface area contributed by atoms with Crippen molar-refractivity contribution in [1.29, 1.82) is 0 Å². The normalized spacial score (nSPS) is 21.2. The highest BCUT2D eigenvalue weighted by atomic mass is 32.2. The van der Waals surface area contributed by atoms with Crippen LogP contribution in [0.25, 0.3) is 0 Å². The van der Waals surface area contributed by atoms with Crippen LogP contribution < -0.4 is 5.32 Å². The van der Waals surface area contributed by atoms with Crippen molar-refractivity contribution in [1.82, 2.24) is 10.2 Å². The molecular weight excluding hydrogens is 496 g/mol. The molecule has 0 saturated carbocycles. The SMILES string of the molecule is CC(C)(CO)CN=C1NC(=O)SC1=CC1CCN(Cc2ccc(C(F)(F)F)cc2C(F)(F)F)CC1. The summed E-state index contributed by atoms with van der Waals surface area (Å²) < 4.78 is 79.0. The van der Waals surface area contributed by atoms with Crippen molar-refractivity contribution in [2.45, 2.75) is 45.6 Å². The van der Waals surface area contributed by atoms with Crippen LogP contribution in [-0.4, -0.2) is 47.3 Å². The van der Waals surface area contributed by atoms with E-state index in [0.29, 0.717) is 49.3 Å². The Morgan fingerprint density at radius 2 is 1.80 bits per heavy atom. The maximum Gasteiger partial charge on any atom is 0.416 e. The van der Waals surface area contributed by atoms with Crippen molar-refractivity contribution in [3.05, 3.63) is 45.9 Å². The van der Waals surface area contributed by atoms with E-state index < -0.39 is 28.9 Å². The van der Waals surface area contributed by atoms with Crippen LogP contribution in [0.5, 0.6) is 0 Å². The Labute approximate surface area is 203 Å². The van der Waals surface area contributed by atoms with E-state index in [0.717, 1.165) is 17.8 Å². The van der Waals surface area contributed by atoms with E-state index in [-0.39, 0.29) is 35.9 Å². The molecule has 1 amide bonds. The minimum atomic E-state index is -4.89. The van der Waals surface area contributed by atoms with Crippen molar-refractivity contribution < 1.29 is 36.2 Å². The summed E-state index contributed by atoms with van der Waals surface area (Å²) in [5.41, 5.74) is -3.22. The number of aliphatic imine (C=N–C) groups is 1. The fourth-order valence-electron chi connectivity index (χ4n) is 3.79. The lowest BCUT2D eigenvalue weighted by Crippen LogP contribution is -2.33. The number of alkyl halides is 6. The number of aliphatic hydroxyl groups excluding tert-OH is 1. The Morgan fingerprint density at radius 3 is 2.37 bits per heavy atom. The zero-order valence-electron chi connectivity index (χ0n) is 19.3. The second-order valence-corrected chi connectivity index (χ2v) is 10.5. The van der Waals surface area contributed by atoms with Crippen molar-refractivity contribution in [2.24, 2.45) is 16.3 Å². The predicted octanol–water partition coefficient (Wildman–Crippen LogP) is 5.69. The number of carbonyl (C=O) groups is 1. The highest BCUT2D eigenvalue weighted by molar-refractivity contribution is 8.18. The lowest BCUT2D eigenvalue weighted by Gasteiger charge is -2.31. The van der Waals surface area contributed by atoms with Crippen LogP contribution in [0.2, 0.25) is 0 Å². The topological polar surface area (TPSA) is 64.9 Å². The van der Waals surface area contributed by atoms with E-state index in [9.17, 15) is 36.2 Å². The molecule has 1 aromatic carbocycles. The Hall–Kier alpha value is -2.05. The number of carbonyl (C=O) groups excluding carboxylic acids is 1. The number of allylic oxidation sites excluding steroid dienone is 1. The van der Waals surface area contributed by atoms with Crippen LogP contribution in [0.15, 0.2) is 34.2 Å². The van der Waals surface area contributed by atoms with Gasteiger partial charge in [-0.25, -0.2) is 0 Å². The first-order valence-corrected chi connectivity index (χ1v) is 11.9. The molecule has 2 N–H and O–H groups in total. The van der Waals surface area contributed by atoms with Crippen molar-refractivity contribution in [2.75, 3.05) is 26.2 Å². The molecule has 2 fully saturated rings. The monoisotopic (exact) mass is 523 g/mol. The molecule has 5 nitrogen and oxygen atoms in total. The third-order valence-electron chi connectivity index (χ3n) is 5.91. The molecule has 0 radical (unpaired) electrons. The van der Waals surface area contributed by atoms with E-state index >= 15 is 0 Å². The van der Waals surface area contributed by atoms with Crippen molar-refractivity contribution >= 4 is 22.8 Å². The van der Waals surface area contributed by atoms with Crippen LogP contribution >= 0.6 is 11.8 Å². The second kappa shape index (κ2) is 10.5. The maximum atomic E-state index is 13.4. The second-order valence-electron chi connectivity index (χ2n) is 9.51. The number of piperidine rings is 1. The number of amides is 1. The number of halogens is 6. The van der Waals surface area contributed by atoms with E-state index in [1.54, 1.807) is 4.90 Å². The molecule has 3 rings (SSSR count). The third kappa shape index (κ3) is 7.47. The van der Waals surface area contributed by atoms with Crippen LogP contribution in [0, 0.1) is 11.3 Å². The maximum absolute atomic E-state index is 13.4. The number of nitrogens with zero attached hydrogens (tertiary/aromatic N) is 2. The third-order valence-corrected chi connectivity index (χ3v) is 6.74. The van der Waals surface area contributed by atoms with Gasteiger partial charge in [-0.1, -0.05) is 26.0 Å². The lowest BCUT2D eigenvalue weighted by molar-refractivity contribution is -0.143. The molecule has 2 heterocycles. The standard InChI is InChI=1S/C23H27F6N3O2S/c1-21(2,13-33)12-30-19-18(35-20(34)31-19)9-14-5-7-32(8-6-14)11-15-3-4-16(22(24,25)26)10-17(15)23(27,28)29/h3-4,9-10,14,33H,5-8,11-13H2,1-2H3,(H,30,31,34). The predicted molar refractivity (Wildman–Crippen MR) is 122 cm³/mol. The number of hydrogen-bond donors (Lipinski definition) is 2. The number of likely N-dealkylation sites (tertiary alicyclic amines) is 1. The van der Waals surface area contributed by atoms with Crippen LogP contribution in [0.1, 0.15) is 43.4 Å². The lowest BCUT2D eigenvalue weighted by atomic mass is 9.94. The number of benzene rings is 1. The van der Waals surface area contributed by atoms with E-state index in [1.807, 2.05) is 19.9 Å². The van der Waals surface area contributed by atoms with Crippen molar-refractivity contribution in [3.63, 3.8) is 0 Å². The van der Waals surface area contributed by atoms with Gasteiger partial charge < -0.3 is 10.4 Å². The summed E-state index contributed by atoms with van der Waals surface area (Å²) in [6.45, 7) is 4.78. The van der Waals surface area contributed by atoms with Gasteiger partial charge in [0.1, 0.15) is 5.84 Å². The Balaban J connectivity index is 1.67. The molecule has 0 spiro atoms. The molecule has 0 unspecified atom stereocenters. The summed E-state index contributed by atoms with van der Waals surface area (Å²) in [4.78, 5) is 18.8. The van der Waals surface area contributed by atoms with Gasteiger partial charge in [0.15, 0.2) is 0 Å². The van der Waals surface area contributed by atoms with E-state index in [2.05, 4.69) is 10.3 Å². The van der Waals surface area contributed by atoms with Crippen molar-refractivity contribution in [3.8, 4) is 0 Å². The summed E-state index contributed by atoms with van der Waals surface area (Å²) in [6, 6.07) is 1.76. The molecule has 35 heavy (non-hydrogen) atoms. The Bertz CT molecular complexity index is 996. The molecule has 2 saturated heterocycles. The van der Waals surface area contributed by atoms with Gasteiger partial charge in [0.2, 0.25) is 0 Å². The number of hydrogen-bond acceptors (Lipinski definition) is 5. The molecule has 0 atom stereocenters. The van der Waals surface area contributed by atoms with Gasteiger partial charge in [0.05, 0.1) is 16.0 Å². The fourth-order valence-corrected chi connectivity index (χ4v) is 4.61. The van der Waals surface area contributed by atoms with E-state index in [4.69, 9.17) is 0 Å². The first-order chi connectivity index (χ1) is 16.2. The summed E-state index contributed by atoms with van der Waals surface area (Å²) in [7, 11) is 0. The summed E-state index contributed by atoms with van der Waals surface area (Å²) in [6.07, 6.45) is -6.57. The van der Waals surface area contributed by atoms with Gasteiger partial charge >= 0.3 is 12.4 Å². The highest BCUT2D eigenvalue weighted by Gasteiger charge is 2.38. The Morgan fingerprint density at radius 1 is 1.14 bits per heavy atom. The van der Waals surface area contributed by atoms with Crippen LogP contribution in [-0.2, 0) is 18.9 Å². The first kappa shape index (κ1) is 27.5. The highest BCUT2D eigenvalue weighted by Crippen LogP contribution is 2.38. The molecule has 0 bridgehead atoms. The average molecular weight is 524 g/mol. The van der Waals surface area contributed by atoms with Gasteiger partial charge in [0, 0.05) is 25.1 Å². The number of nitrogens with one attached hydrogen (secondary N) is 1. The van der Waals surface area contributed by atoms with Gasteiger partial charge in [-0.05, 0) is 61.3 Å². The Kier molecular flexibility index (Phi) is 8.27. The molecule has 2 aliphatic rings. The summed E-state index contributed by atoms with van der Waals surface area (Å²) in [5, 5.41) is 11.8. The quantitative estimate of drug-likeness (QED) is 0.470. The molecule has 0 aliphatic carbocycles. The number of aliphatic hydroxyl groups is 1.